The molecule has 1 N–H and O–H groups in total. The zero-order chi connectivity index (χ0) is 5.78. The molecule has 0 amide bonds. The second kappa shape index (κ2) is 0.930. The third-order valence-corrected chi connectivity index (χ3v) is 1.10. The first-order valence-corrected chi connectivity index (χ1v) is 2.15. The van der Waals surface area contributed by atoms with E-state index in [0.717, 1.165) is 0 Å². The van der Waals surface area contributed by atoms with Crippen LogP contribution in [0.4, 0.5) is 0 Å². The maximum atomic E-state index is 8.86. The van der Waals surface area contributed by atoms with Crippen LogP contribution in [0.3, 0.4) is 0 Å². The van der Waals surface area contributed by atoms with Gasteiger partial charge < -0.3 is 19.1 Å². The maximum absolute atomic E-state index is 8.86. The lowest BCUT2D eigenvalue weighted by molar-refractivity contribution is -0.306. The highest BCUT2D eigenvalue weighted by Gasteiger charge is 2.64. The van der Waals surface area contributed by atoms with Crippen LogP contribution in [0.25, 0.3) is 0 Å². The summed E-state index contributed by atoms with van der Waals surface area (Å²) in [5.74, 6) is -1.49. The molecule has 3 heterocycles. The van der Waals surface area contributed by atoms with Gasteiger partial charge in [-0.3, -0.25) is 0 Å². The fourth-order valence-electron chi connectivity index (χ4n) is 0.640. The lowest BCUT2D eigenvalue weighted by Gasteiger charge is -2.25. The van der Waals surface area contributed by atoms with Crippen LogP contribution >= 0.6 is 0 Å². The molecule has 0 atom stereocenters. The SMILES string of the molecule is C=C1OB2OC1(O)O2. The molecule has 0 aromatic heterocycles. The van der Waals surface area contributed by atoms with E-state index in [1.165, 1.54) is 0 Å². The zero-order valence-electron chi connectivity index (χ0n) is 3.96. The molecule has 2 bridgehead atoms. The lowest BCUT2D eigenvalue weighted by Crippen LogP contribution is -2.48. The van der Waals surface area contributed by atoms with Crippen LogP contribution in [0.5, 0.6) is 0 Å². The highest BCUT2D eigenvalue weighted by molar-refractivity contribution is 6.41. The molecule has 0 unspecified atom stereocenters. The highest BCUT2D eigenvalue weighted by Crippen LogP contribution is 2.39. The number of aliphatic hydroxyl groups is 1. The monoisotopic (exact) mass is 114 g/mol. The Bertz CT molecular complexity index is 149. The standard InChI is InChI=1S/C3H3BO4/c1-2-3(5)7-4(6-2)8-3/h5H,1H2. The van der Waals surface area contributed by atoms with Gasteiger partial charge in [-0.1, -0.05) is 6.58 Å². The maximum Gasteiger partial charge on any atom is 0.721 e. The van der Waals surface area contributed by atoms with Crippen molar-refractivity contribution < 1.29 is 19.1 Å². The second-order valence-corrected chi connectivity index (χ2v) is 1.65. The molecule has 0 radical (unpaired) electrons. The Labute approximate surface area is 45.8 Å². The summed E-state index contributed by atoms with van der Waals surface area (Å²) < 4.78 is 13.8. The number of hydrogen-bond acceptors (Lipinski definition) is 4. The van der Waals surface area contributed by atoms with Crippen molar-refractivity contribution in [3.63, 3.8) is 0 Å². The minimum absolute atomic E-state index is 0.127. The van der Waals surface area contributed by atoms with Gasteiger partial charge in [0.1, 0.15) is 0 Å². The molecule has 0 spiro atoms. The zero-order valence-corrected chi connectivity index (χ0v) is 3.96. The molecule has 42 valence electrons. The molecule has 0 saturated carbocycles. The Morgan fingerprint density at radius 3 is 2.38 bits per heavy atom. The molecule has 3 fully saturated rings. The first kappa shape index (κ1) is 4.37. The number of fused-ring (bicyclic) bond motifs is 1. The average Bonchev–Trinajstić information content (AvgIpc) is 1.90. The van der Waals surface area contributed by atoms with Crippen LogP contribution in [0.1, 0.15) is 0 Å². The topological polar surface area (TPSA) is 47.9 Å². The van der Waals surface area contributed by atoms with Gasteiger partial charge in [0.25, 0.3) is 0 Å². The summed E-state index contributed by atoms with van der Waals surface area (Å²) in [7, 11) is -0.715. The van der Waals surface area contributed by atoms with Crippen molar-refractivity contribution in [2.45, 2.75) is 5.97 Å². The van der Waals surface area contributed by atoms with Gasteiger partial charge in [0.05, 0.1) is 0 Å². The third-order valence-electron chi connectivity index (χ3n) is 1.10. The number of hydrogen-bond donors (Lipinski definition) is 1. The largest absolute Gasteiger partial charge is 0.721 e. The van der Waals surface area contributed by atoms with Gasteiger partial charge in [0, 0.05) is 0 Å². The lowest BCUT2D eigenvalue weighted by atomic mass is 10.2. The van der Waals surface area contributed by atoms with Gasteiger partial charge in [0.2, 0.25) is 0 Å². The van der Waals surface area contributed by atoms with E-state index < -0.39 is 13.3 Å². The minimum atomic E-state index is -1.62. The molecular weight excluding hydrogens is 111 g/mol. The van der Waals surface area contributed by atoms with Crippen molar-refractivity contribution in [1.82, 2.24) is 0 Å². The molecule has 3 aliphatic rings. The summed E-state index contributed by atoms with van der Waals surface area (Å²) in [6.45, 7) is 3.33. The van der Waals surface area contributed by atoms with Gasteiger partial charge in [-0.05, 0) is 0 Å². The summed E-state index contributed by atoms with van der Waals surface area (Å²) in [6.07, 6.45) is 0. The van der Waals surface area contributed by atoms with E-state index in [-0.39, 0.29) is 5.76 Å². The van der Waals surface area contributed by atoms with Crippen LogP contribution in [0, 0.1) is 0 Å². The van der Waals surface area contributed by atoms with Crippen LogP contribution in [-0.4, -0.2) is 18.4 Å². The average molecular weight is 114 g/mol. The highest BCUT2D eigenvalue weighted by atomic mass is 17.0. The Kier molecular flexibility index (Phi) is 0.508. The fraction of sp³-hybridized carbons (Fsp3) is 0.333. The number of rotatable bonds is 0. The second-order valence-electron chi connectivity index (χ2n) is 1.65. The quantitative estimate of drug-likeness (QED) is 0.419. The van der Waals surface area contributed by atoms with Gasteiger partial charge in [-0.25, -0.2) is 0 Å². The van der Waals surface area contributed by atoms with E-state index in [1.807, 2.05) is 0 Å². The fourth-order valence-corrected chi connectivity index (χ4v) is 0.640. The third kappa shape index (κ3) is 0.291. The molecular formula is C3H3BO4. The van der Waals surface area contributed by atoms with Gasteiger partial charge in [-0.15, -0.1) is 0 Å². The predicted molar refractivity (Wildman–Crippen MR) is 23.1 cm³/mol. The van der Waals surface area contributed by atoms with Gasteiger partial charge in [0.15, 0.2) is 5.76 Å². The van der Waals surface area contributed by atoms with Crippen molar-refractivity contribution in [1.29, 1.82) is 0 Å². The first-order valence-electron chi connectivity index (χ1n) is 2.15. The van der Waals surface area contributed by atoms with E-state index in [4.69, 9.17) is 5.11 Å². The van der Waals surface area contributed by atoms with Gasteiger partial charge >= 0.3 is 13.3 Å². The molecule has 0 aromatic carbocycles. The van der Waals surface area contributed by atoms with E-state index in [1.54, 1.807) is 0 Å². The van der Waals surface area contributed by atoms with Gasteiger partial charge in [-0.2, -0.15) is 0 Å². The summed E-state index contributed by atoms with van der Waals surface area (Å²) in [5.41, 5.74) is 0. The van der Waals surface area contributed by atoms with Crippen molar-refractivity contribution in [3.8, 4) is 0 Å². The van der Waals surface area contributed by atoms with E-state index in [0.29, 0.717) is 0 Å². The molecule has 3 aliphatic heterocycles. The molecule has 0 aliphatic carbocycles. The van der Waals surface area contributed by atoms with Crippen LogP contribution in [0.2, 0.25) is 0 Å². The summed E-state index contributed by atoms with van der Waals surface area (Å²) >= 11 is 0. The van der Waals surface area contributed by atoms with Crippen molar-refractivity contribution >= 4 is 7.32 Å². The Morgan fingerprint density at radius 2 is 2.25 bits per heavy atom. The predicted octanol–water partition coefficient (Wildman–Crippen LogP) is -0.792. The molecule has 5 heteroatoms. The minimum Gasteiger partial charge on any atom is -0.509 e. The van der Waals surface area contributed by atoms with E-state index in [2.05, 4.69) is 20.5 Å². The normalized spacial score (nSPS) is 29.6. The molecule has 4 nitrogen and oxygen atoms in total. The summed E-state index contributed by atoms with van der Waals surface area (Å²) in [4.78, 5) is 0. The van der Waals surface area contributed by atoms with E-state index >= 15 is 0 Å². The summed E-state index contributed by atoms with van der Waals surface area (Å²) in [6, 6.07) is 0. The van der Waals surface area contributed by atoms with E-state index in [9.17, 15) is 0 Å². The van der Waals surface area contributed by atoms with Crippen molar-refractivity contribution in [2.75, 3.05) is 0 Å². The molecule has 0 aromatic rings. The molecule has 3 rings (SSSR count). The van der Waals surface area contributed by atoms with Crippen molar-refractivity contribution in [3.05, 3.63) is 12.3 Å². The molecule has 8 heavy (non-hydrogen) atoms. The smallest absolute Gasteiger partial charge is 0.509 e. The van der Waals surface area contributed by atoms with Crippen LogP contribution in [-0.2, 0) is 14.0 Å². The van der Waals surface area contributed by atoms with Crippen LogP contribution in [0.15, 0.2) is 12.3 Å². The summed E-state index contributed by atoms with van der Waals surface area (Å²) in [5, 5.41) is 8.86. The Morgan fingerprint density at radius 1 is 1.62 bits per heavy atom. The Hall–Kier alpha value is -0.515. The Balaban J connectivity index is 2.33. The van der Waals surface area contributed by atoms with Crippen LogP contribution < -0.4 is 0 Å². The first-order chi connectivity index (χ1) is 3.71. The van der Waals surface area contributed by atoms with Crippen molar-refractivity contribution in [2.24, 2.45) is 0 Å². The molecule has 3 saturated heterocycles.